The van der Waals surface area contributed by atoms with Gasteiger partial charge in [-0.05, 0) is 17.5 Å². The Morgan fingerprint density at radius 2 is 1.70 bits per heavy atom. The molecule has 23 heavy (non-hydrogen) atoms. The van der Waals surface area contributed by atoms with Gasteiger partial charge in [0, 0.05) is 32.6 Å². The molecule has 2 aliphatic heterocycles. The predicted octanol–water partition coefficient (Wildman–Crippen LogP) is 1.08. The molecule has 0 spiro atoms. The summed E-state index contributed by atoms with van der Waals surface area (Å²) < 4.78 is 24.2. The van der Waals surface area contributed by atoms with E-state index in [1.165, 1.54) is 18.1 Å². The number of fused-ring (bicyclic) bond motifs is 1. The van der Waals surface area contributed by atoms with Gasteiger partial charge in [-0.1, -0.05) is 31.2 Å². The van der Waals surface area contributed by atoms with Crippen LogP contribution < -0.4 is 0 Å². The summed E-state index contributed by atoms with van der Waals surface area (Å²) >= 11 is 0. The summed E-state index contributed by atoms with van der Waals surface area (Å²) in [4.78, 5) is 15.8. The Morgan fingerprint density at radius 1 is 1.09 bits per heavy atom. The standard InChI is InChI=1S/C17H24N2O3S/c1-3-14-4-6-15(7-5-14)10-18-8-9-19(13(2)20)17-12-23(21,22)11-16(17)18/h4-7,16-17H,3,8-12H2,1-2H3. The molecule has 1 aromatic carbocycles. The molecule has 0 aromatic heterocycles. The fourth-order valence-corrected chi connectivity index (χ4v) is 5.74. The van der Waals surface area contributed by atoms with Crippen molar-refractivity contribution in [2.75, 3.05) is 24.6 Å². The van der Waals surface area contributed by atoms with Crippen LogP contribution in [0.3, 0.4) is 0 Å². The molecule has 2 heterocycles. The maximum absolute atomic E-state index is 12.1. The number of carbonyl (C=O) groups excluding carboxylic acids is 1. The van der Waals surface area contributed by atoms with Gasteiger partial charge in [-0.2, -0.15) is 0 Å². The van der Waals surface area contributed by atoms with Crippen molar-refractivity contribution in [3.8, 4) is 0 Å². The van der Waals surface area contributed by atoms with Gasteiger partial charge < -0.3 is 4.90 Å². The first kappa shape index (κ1) is 16.5. The van der Waals surface area contributed by atoms with E-state index >= 15 is 0 Å². The minimum atomic E-state index is -3.07. The third kappa shape index (κ3) is 3.43. The molecule has 2 fully saturated rings. The molecule has 2 atom stereocenters. The minimum Gasteiger partial charge on any atom is -0.336 e. The number of sulfone groups is 1. The number of hydrogen-bond donors (Lipinski definition) is 0. The number of piperazine rings is 1. The molecule has 3 rings (SSSR count). The van der Waals surface area contributed by atoms with Gasteiger partial charge in [-0.25, -0.2) is 8.42 Å². The number of amides is 1. The lowest BCUT2D eigenvalue weighted by molar-refractivity contribution is -0.134. The van der Waals surface area contributed by atoms with Crippen molar-refractivity contribution >= 4 is 15.7 Å². The highest BCUT2D eigenvalue weighted by molar-refractivity contribution is 7.91. The zero-order valence-electron chi connectivity index (χ0n) is 13.7. The Morgan fingerprint density at radius 3 is 2.30 bits per heavy atom. The second kappa shape index (κ2) is 6.24. The van der Waals surface area contributed by atoms with Gasteiger partial charge in [0.15, 0.2) is 9.84 Å². The first-order chi connectivity index (χ1) is 10.9. The number of carbonyl (C=O) groups is 1. The van der Waals surface area contributed by atoms with E-state index in [-0.39, 0.29) is 29.5 Å². The highest BCUT2D eigenvalue weighted by atomic mass is 32.2. The topological polar surface area (TPSA) is 57.7 Å². The van der Waals surface area contributed by atoms with Crippen LogP contribution in [0.15, 0.2) is 24.3 Å². The summed E-state index contributed by atoms with van der Waals surface area (Å²) in [7, 11) is -3.07. The Kier molecular flexibility index (Phi) is 4.47. The lowest BCUT2D eigenvalue weighted by atomic mass is 10.0. The third-order valence-corrected chi connectivity index (χ3v) is 6.71. The van der Waals surface area contributed by atoms with Crippen LogP contribution in [-0.4, -0.2) is 60.8 Å². The van der Waals surface area contributed by atoms with E-state index in [1.54, 1.807) is 4.90 Å². The Labute approximate surface area is 138 Å². The largest absolute Gasteiger partial charge is 0.336 e. The van der Waals surface area contributed by atoms with Crippen LogP contribution in [0.5, 0.6) is 0 Å². The summed E-state index contributed by atoms with van der Waals surface area (Å²) in [5.74, 6) is 0.237. The van der Waals surface area contributed by atoms with Crippen molar-refractivity contribution in [3.05, 3.63) is 35.4 Å². The van der Waals surface area contributed by atoms with E-state index in [2.05, 4.69) is 36.1 Å². The van der Waals surface area contributed by atoms with E-state index < -0.39 is 9.84 Å². The molecule has 2 saturated heterocycles. The van der Waals surface area contributed by atoms with Crippen molar-refractivity contribution in [3.63, 3.8) is 0 Å². The number of hydrogen-bond acceptors (Lipinski definition) is 4. The van der Waals surface area contributed by atoms with Gasteiger partial charge in [0.2, 0.25) is 5.91 Å². The molecule has 0 saturated carbocycles. The summed E-state index contributed by atoms with van der Waals surface area (Å²) in [5, 5.41) is 0. The highest BCUT2D eigenvalue weighted by Crippen LogP contribution is 2.28. The van der Waals surface area contributed by atoms with Crippen molar-refractivity contribution in [2.24, 2.45) is 0 Å². The Balaban J connectivity index is 1.79. The van der Waals surface area contributed by atoms with Crippen LogP contribution in [-0.2, 0) is 27.6 Å². The second-order valence-corrected chi connectivity index (χ2v) is 8.72. The van der Waals surface area contributed by atoms with Crippen LogP contribution in [0.1, 0.15) is 25.0 Å². The molecule has 1 amide bonds. The van der Waals surface area contributed by atoms with Crippen molar-refractivity contribution in [1.29, 1.82) is 0 Å². The zero-order valence-corrected chi connectivity index (χ0v) is 14.6. The van der Waals surface area contributed by atoms with Gasteiger partial charge in [0.25, 0.3) is 0 Å². The van der Waals surface area contributed by atoms with Crippen LogP contribution in [0.25, 0.3) is 0 Å². The summed E-state index contributed by atoms with van der Waals surface area (Å²) in [6, 6.07) is 8.22. The second-order valence-electron chi connectivity index (χ2n) is 6.56. The lowest BCUT2D eigenvalue weighted by Crippen LogP contribution is -2.59. The van der Waals surface area contributed by atoms with E-state index in [0.29, 0.717) is 6.54 Å². The van der Waals surface area contributed by atoms with E-state index in [1.807, 2.05) is 0 Å². The smallest absolute Gasteiger partial charge is 0.219 e. The van der Waals surface area contributed by atoms with Crippen LogP contribution in [0.2, 0.25) is 0 Å². The molecule has 0 N–H and O–H groups in total. The number of rotatable bonds is 3. The van der Waals surface area contributed by atoms with Crippen LogP contribution in [0.4, 0.5) is 0 Å². The van der Waals surface area contributed by atoms with E-state index in [0.717, 1.165) is 19.5 Å². The molecular weight excluding hydrogens is 312 g/mol. The van der Waals surface area contributed by atoms with Crippen molar-refractivity contribution < 1.29 is 13.2 Å². The number of benzene rings is 1. The van der Waals surface area contributed by atoms with Crippen LogP contribution >= 0.6 is 0 Å². The first-order valence-corrected chi connectivity index (χ1v) is 10.0. The Bertz CT molecular complexity index is 684. The van der Waals surface area contributed by atoms with Gasteiger partial charge in [-0.3, -0.25) is 9.69 Å². The Hall–Kier alpha value is -1.40. The molecule has 0 bridgehead atoms. The maximum atomic E-state index is 12.1. The predicted molar refractivity (Wildman–Crippen MR) is 89.8 cm³/mol. The van der Waals surface area contributed by atoms with Gasteiger partial charge in [0.1, 0.15) is 0 Å². The molecular formula is C17H24N2O3S. The average Bonchev–Trinajstić information content (AvgIpc) is 2.83. The number of nitrogens with zero attached hydrogens (tertiary/aromatic N) is 2. The maximum Gasteiger partial charge on any atom is 0.219 e. The normalized spacial score (nSPS) is 27.0. The summed E-state index contributed by atoms with van der Waals surface area (Å²) in [6.07, 6.45) is 1.01. The highest BCUT2D eigenvalue weighted by Gasteiger charge is 2.47. The number of aryl methyl sites for hydroxylation is 1. The summed E-state index contributed by atoms with van der Waals surface area (Å²) in [5.41, 5.74) is 2.50. The van der Waals surface area contributed by atoms with Gasteiger partial charge >= 0.3 is 0 Å². The van der Waals surface area contributed by atoms with Crippen LogP contribution in [0, 0.1) is 0 Å². The molecule has 6 heteroatoms. The lowest BCUT2D eigenvalue weighted by Gasteiger charge is -2.43. The minimum absolute atomic E-state index is 0.0240. The fraction of sp³-hybridized carbons (Fsp3) is 0.588. The molecule has 0 radical (unpaired) electrons. The SMILES string of the molecule is CCc1ccc(CN2CCN(C(C)=O)C3CS(=O)(=O)CC32)cc1. The van der Waals surface area contributed by atoms with E-state index in [4.69, 9.17) is 0 Å². The van der Waals surface area contributed by atoms with Gasteiger partial charge in [-0.15, -0.1) is 0 Å². The summed E-state index contributed by atoms with van der Waals surface area (Å²) in [6.45, 7) is 5.74. The van der Waals surface area contributed by atoms with E-state index in [9.17, 15) is 13.2 Å². The molecule has 2 unspecified atom stereocenters. The monoisotopic (exact) mass is 336 g/mol. The zero-order chi connectivity index (χ0) is 16.6. The molecule has 0 aliphatic carbocycles. The fourth-order valence-electron chi connectivity index (χ4n) is 3.73. The molecule has 2 aliphatic rings. The van der Waals surface area contributed by atoms with Crippen molar-refractivity contribution in [2.45, 2.75) is 38.9 Å². The third-order valence-electron chi connectivity index (χ3n) is 5.01. The average molecular weight is 336 g/mol. The first-order valence-electron chi connectivity index (χ1n) is 8.19. The van der Waals surface area contributed by atoms with Gasteiger partial charge in [0.05, 0.1) is 17.5 Å². The van der Waals surface area contributed by atoms with Crippen molar-refractivity contribution in [1.82, 2.24) is 9.80 Å². The molecule has 1 aromatic rings. The molecule has 126 valence electrons. The molecule has 5 nitrogen and oxygen atoms in total. The quantitative estimate of drug-likeness (QED) is 0.829.